The molecule has 3 heteroatoms. The molecule has 2 unspecified atom stereocenters. The van der Waals surface area contributed by atoms with E-state index in [0.29, 0.717) is 5.92 Å². The summed E-state index contributed by atoms with van der Waals surface area (Å²) in [5, 5.41) is 4.38. The van der Waals surface area contributed by atoms with E-state index in [4.69, 9.17) is 9.57 Å². The van der Waals surface area contributed by atoms with Gasteiger partial charge in [-0.3, -0.25) is 0 Å². The van der Waals surface area contributed by atoms with Gasteiger partial charge in [-0.05, 0) is 48.2 Å². The van der Waals surface area contributed by atoms with Crippen molar-refractivity contribution in [3.05, 3.63) is 65.2 Å². The molecular weight excluding hydrogens is 262 g/mol. The van der Waals surface area contributed by atoms with Crippen LogP contribution in [0.5, 0.6) is 5.75 Å². The third kappa shape index (κ3) is 2.00. The van der Waals surface area contributed by atoms with Crippen molar-refractivity contribution in [1.82, 2.24) is 0 Å². The normalized spacial score (nSPS) is 22.8. The van der Waals surface area contributed by atoms with Crippen LogP contribution in [0.2, 0.25) is 0 Å². The monoisotopic (exact) mass is 279 g/mol. The van der Waals surface area contributed by atoms with Crippen molar-refractivity contribution in [2.45, 2.75) is 18.9 Å². The molecule has 4 rings (SSSR count). The van der Waals surface area contributed by atoms with Gasteiger partial charge in [-0.25, -0.2) is 0 Å². The number of hydrogen-bond donors (Lipinski definition) is 0. The molecule has 0 saturated heterocycles. The summed E-state index contributed by atoms with van der Waals surface area (Å²) in [4.78, 5) is 5.76. The van der Waals surface area contributed by atoms with Crippen LogP contribution in [0.15, 0.2) is 53.7 Å². The van der Waals surface area contributed by atoms with Gasteiger partial charge in [-0.2, -0.15) is 0 Å². The maximum absolute atomic E-state index is 5.76. The summed E-state index contributed by atoms with van der Waals surface area (Å²) in [7, 11) is 1.68. The highest BCUT2D eigenvalue weighted by atomic mass is 16.6. The SMILES string of the molecule is COc1ccc(C2=NOC3c4ccccc4CCC23)cc1. The first-order chi connectivity index (χ1) is 10.4. The van der Waals surface area contributed by atoms with Gasteiger partial charge in [0.05, 0.1) is 12.8 Å². The summed E-state index contributed by atoms with van der Waals surface area (Å²) in [6.45, 7) is 0. The average molecular weight is 279 g/mol. The van der Waals surface area contributed by atoms with E-state index < -0.39 is 0 Å². The topological polar surface area (TPSA) is 30.8 Å². The Balaban J connectivity index is 1.65. The minimum atomic E-state index is 0.0760. The van der Waals surface area contributed by atoms with Gasteiger partial charge in [0.25, 0.3) is 0 Å². The van der Waals surface area contributed by atoms with Crippen molar-refractivity contribution in [1.29, 1.82) is 0 Å². The van der Waals surface area contributed by atoms with Crippen LogP contribution in [0, 0.1) is 5.92 Å². The lowest BCUT2D eigenvalue weighted by molar-refractivity contribution is 0.0542. The summed E-state index contributed by atoms with van der Waals surface area (Å²) in [5.74, 6) is 1.22. The van der Waals surface area contributed by atoms with E-state index in [0.717, 1.165) is 29.9 Å². The van der Waals surface area contributed by atoms with E-state index in [1.165, 1.54) is 11.1 Å². The van der Waals surface area contributed by atoms with E-state index in [1.807, 2.05) is 12.1 Å². The van der Waals surface area contributed by atoms with E-state index in [9.17, 15) is 0 Å². The number of aryl methyl sites for hydroxylation is 1. The maximum Gasteiger partial charge on any atom is 0.161 e. The Bertz CT molecular complexity index is 691. The Morgan fingerprint density at radius 2 is 1.90 bits per heavy atom. The first-order valence-corrected chi connectivity index (χ1v) is 7.33. The largest absolute Gasteiger partial charge is 0.497 e. The first-order valence-electron chi connectivity index (χ1n) is 7.33. The van der Waals surface area contributed by atoms with Crippen LogP contribution >= 0.6 is 0 Å². The lowest BCUT2D eigenvalue weighted by atomic mass is 9.78. The Hall–Kier alpha value is -2.29. The number of nitrogens with zero attached hydrogens (tertiary/aromatic N) is 1. The Labute approximate surface area is 124 Å². The highest BCUT2D eigenvalue weighted by Gasteiger charge is 2.39. The third-order valence-electron chi connectivity index (χ3n) is 4.45. The molecule has 2 aliphatic rings. The fourth-order valence-corrected chi connectivity index (χ4v) is 3.34. The Kier molecular flexibility index (Phi) is 2.92. The number of fused-ring (bicyclic) bond motifs is 3. The van der Waals surface area contributed by atoms with Gasteiger partial charge in [0, 0.05) is 11.5 Å². The molecule has 0 radical (unpaired) electrons. The van der Waals surface area contributed by atoms with Gasteiger partial charge in [0.1, 0.15) is 5.75 Å². The standard InChI is InChI=1S/C18H17NO2/c1-20-14-9-6-13(7-10-14)17-16-11-8-12-4-2-3-5-15(12)18(16)21-19-17/h2-7,9-10,16,18H,8,11H2,1H3. The summed E-state index contributed by atoms with van der Waals surface area (Å²) < 4.78 is 5.21. The molecule has 0 amide bonds. The number of hydrogen-bond acceptors (Lipinski definition) is 3. The second-order valence-corrected chi connectivity index (χ2v) is 5.58. The molecule has 106 valence electrons. The van der Waals surface area contributed by atoms with Crippen LogP contribution in [0.1, 0.15) is 29.2 Å². The average Bonchev–Trinajstić information content (AvgIpc) is 2.99. The smallest absolute Gasteiger partial charge is 0.161 e. The van der Waals surface area contributed by atoms with Gasteiger partial charge < -0.3 is 9.57 Å². The zero-order valence-electron chi connectivity index (χ0n) is 12.0. The molecule has 2 atom stereocenters. The molecule has 1 aliphatic heterocycles. The van der Waals surface area contributed by atoms with Crippen LogP contribution in [0.4, 0.5) is 0 Å². The molecule has 0 N–H and O–H groups in total. The van der Waals surface area contributed by atoms with Crippen LogP contribution < -0.4 is 4.74 Å². The van der Waals surface area contributed by atoms with Crippen molar-refractivity contribution < 1.29 is 9.57 Å². The summed E-state index contributed by atoms with van der Waals surface area (Å²) in [5.41, 5.74) is 4.88. The summed E-state index contributed by atoms with van der Waals surface area (Å²) in [6.07, 6.45) is 2.26. The van der Waals surface area contributed by atoms with E-state index in [-0.39, 0.29) is 6.10 Å². The molecule has 1 heterocycles. The van der Waals surface area contributed by atoms with Gasteiger partial charge in [-0.15, -0.1) is 0 Å². The Morgan fingerprint density at radius 3 is 2.71 bits per heavy atom. The van der Waals surface area contributed by atoms with Gasteiger partial charge >= 0.3 is 0 Å². The van der Waals surface area contributed by atoms with Crippen molar-refractivity contribution in [3.63, 3.8) is 0 Å². The van der Waals surface area contributed by atoms with Gasteiger partial charge in [-0.1, -0.05) is 29.4 Å². The summed E-state index contributed by atoms with van der Waals surface area (Å²) in [6, 6.07) is 16.6. The molecule has 0 spiro atoms. The number of methoxy groups -OCH3 is 1. The second-order valence-electron chi connectivity index (χ2n) is 5.58. The number of rotatable bonds is 2. The van der Waals surface area contributed by atoms with Crippen molar-refractivity contribution in [3.8, 4) is 5.75 Å². The first kappa shape index (κ1) is 12.5. The van der Waals surface area contributed by atoms with Crippen molar-refractivity contribution >= 4 is 5.71 Å². The predicted octanol–water partition coefficient (Wildman–Crippen LogP) is 3.73. The fraction of sp³-hybridized carbons (Fsp3) is 0.278. The maximum atomic E-state index is 5.76. The molecule has 3 nitrogen and oxygen atoms in total. The van der Waals surface area contributed by atoms with Crippen LogP contribution in [0.3, 0.4) is 0 Å². The molecular formula is C18H17NO2. The van der Waals surface area contributed by atoms with Crippen LogP contribution in [-0.2, 0) is 11.3 Å². The quantitative estimate of drug-likeness (QED) is 0.838. The second kappa shape index (κ2) is 4.92. The molecule has 21 heavy (non-hydrogen) atoms. The summed E-state index contributed by atoms with van der Waals surface area (Å²) >= 11 is 0. The molecule has 2 aromatic rings. The molecule has 0 bridgehead atoms. The zero-order chi connectivity index (χ0) is 14.2. The molecule has 0 saturated carbocycles. The molecule has 0 fully saturated rings. The Morgan fingerprint density at radius 1 is 1.10 bits per heavy atom. The van der Waals surface area contributed by atoms with E-state index >= 15 is 0 Å². The fourth-order valence-electron chi connectivity index (χ4n) is 3.34. The molecule has 2 aromatic carbocycles. The van der Waals surface area contributed by atoms with Gasteiger partial charge in [0.2, 0.25) is 0 Å². The lowest BCUT2D eigenvalue weighted by Crippen LogP contribution is -2.24. The van der Waals surface area contributed by atoms with E-state index in [1.54, 1.807) is 7.11 Å². The number of oxime groups is 1. The number of benzene rings is 2. The van der Waals surface area contributed by atoms with Crippen molar-refractivity contribution in [2.24, 2.45) is 11.1 Å². The number of ether oxygens (including phenoxy) is 1. The molecule has 1 aliphatic carbocycles. The third-order valence-corrected chi connectivity index (χ3v) is 4.45. The van der Waals surface area contributed by atoms with Crippen LogP contribution in [0.25, 0.3) is 0 Å². The highest BCUT2D eigenvalue weighted by Crippen LogP contribution is 2.42. The zero-order valence-corrected chi connectivity index (χ0v) is 12.0. The van der Waals surface area contributed by atoms with E-state index in [2.05, 4.69) is 41.6 Å². The minimum Gasteiger partial charge on any atom is -0.497 e. The lowest BCUT2D eigenvalue weighted by Gasteiger charge is -2.26. The highest BCUT2D eigenvalue weighted by molar-refractivity contribution is 6.03. The van der Waals surface area contributed by atoms with Crippen molar-refractivity contribution in [2.75, 3.05) is 7.11 Å². The minimum absolute atomic E-state index is 0.0760. The van der Waals surface area contributed by atoms with Crippen LogP contribution in [-0.4, -0.2) is 12.8 Å². The molecule has 0 aromatic heterocycles. The van der Waals surface area contributed by atoms with Gasteiger partial charge in [0.15, 0.2) is 6.10 Å². The predicted molar refractivity (Wildman–Crippen MR) is 81.6 cm³/mol.